The van der Waals surface area contributed by atoms with Crippen molar-refractivity contribution >= 4 is 11.7 Å². The van der Waals surface area contributed by atoms with Crippen LogP contribution in [0.5, 0.6) is 5.75 Å². The van der Waals surface area contributed by atoms with E-state index in [1.807, 2.05) is 19.2 Å². The van der Waals surface area contributed by atoms with Gasteiger partial charge in [-0.25, -0.2) is 9.78 Å². The third-order valence-electron chi connectivity index (χ3n) is 4.13. The minimum atomic E-state index is -0.331. The molecule has 122 valence electrons. The molecule has 23 heavy (non-hydrogen) atoms. The molecule has 3 rings (SSSR count). The summed E-state index contributed by atoms with van der Waals surface area (Å²) in [5.74, 6) is 1.80. The largest absolute Gasteiger partial charge is 0.506 e. The third kappa shape index (κ3) is 3.31. The van der Waals surface area contributed by atoms with Gasteiger partial charge in [0.05, 0.1) is 11.4 Å². The van der Waals surface area contributed by atoms with Gasteiger partial charge >= 0.3 is 6.03 Å². The fourth-order valence-electron chi connectivity index (χ4n) is 2.85. The highest BCUT2D eigenvalue weighted by molar-refractivity contribution is 5.91. The van der Waals surface area contributed by atoms with E-state index < -0.39 is 0 Å². The number of aryl methyl sites for hydroxylation is 1. The first kappa shape index (κ1) is 15.4. The molecule has 3 N–H and O–H groups in total. The zero-order valence-corrected chi connectivity index (χ0v) is 13.5. The molecule has 6 heteroatoms. The number of carbonyl (C=O) groups excluding carboxylic acids is 1. The molecule has 0 saturated heterocycles. The second-order valence-electron chi connectivity index (χ2n) is 6.05. The summed E-state index contributed by atoms with van der Waals surface area (Å²) in [5.41, 5.74) is 2.09. The third-order valence-corrected chi connectivity index (χ3v) is 4.13. The molecule has 2 amide bonds. The fourth-order valence-corrected chi connectivity index (χ4v) is 2.85. The van der Waals surface area contributed by atoms with E-state index in [2.05, 4.69) is 27.1 Å². The van der Waals surface area contributed by atoms with Crippen LogP contribution in [0.1, 0.15) is 26.1 Å². The SMILES string of the molecule is CCNC(=O)Nc1ccc(-c2cn3c(n2)CC(C)CC3)cc1O. The number of hydrogen-bond acceptors (Lipinski definition) is 3. The molecular weight excluding hydrogens is 292 g/mol. The summed E-state index contributed by atoms with van der Waals surface area (Å²) in [4.78, 5) is 16.2. The Morgan fingerprint density at radius 2 is 2.30 bits per heavy atom. The summed E-state index contributed by atoms with van der Waals surface area (Å²) in [5, 5.41) is 15.4. The van der Waals surface area contributed by atoms with Gasteiger partial charge in [-0.2, -0.15) is 0 Å². The van der Waals surface area contributed by atoms with Crippen molar-refractivity contribution in [2.75, 3.05) is 11.9 Å². The monoisotopic (exact) mass is 314 g/mol. The van der Waals surface area contributed by atoms with E-state index in [-0.39, 0.29) is 11.8 Å². The number of amides is 2. The Labute approximate surface area is 135 Å². The van der Waals surface area contributed by atoms with E-state index in [1.165, 1.54) is 6.42 Å². The first-order valence-electron chi connectivity index (χ1n) is 8.01. The van der Waals surface area contributed by atoms with Crippen LogP contribution in [-0.4, -0.2) is 27.2 Å². The van der Waals surface area contributed by atoms with Gasteiger partial charge in [0.15, 0.2) is 0 Å². The predicted molar refractivity (Wildman–Crippen MR) is 89.5 cm³/mol. The lowest BCUT2D eigenvalue weighted by Crippen LogP contribution is -2.28. The van der Waals surface area contributed by atoms with Crippen LogP contribution in [0.15, 0.2) is 24.4 Å². The average Bonchev–Trinajstić information content (AvgIpc) is 2.92. The molecule has 1 aliphatic rings. The number of benzene rings is 1. The number of phenols is 1. The van der Waals surface area contributed by atoms with Crippen LogP contribution in [0, 0.1) is 5.92 Å². The number of urea groups is 1. The highest BCUT2D eigenvalue weighted by Crippen LogP contribution is 2.31. The van der Waals surface area contributed by atoms with Gasteiger partial charge < -0.3 is 20.3 Å². The number of fused-ring (bicyclic) bond motifs is 1. The molecule has 1 aliphatic heterocycles. The van der Waals surface area contributed by atoms with Crippen molar-refractivity contribution in [3.8, 4) is 17.0 Å². The number of aromatic hydroxyl groups is 1. The molecule has 0 radical (unpaired) electrons. The van der Waals surface area contributed by atoms with Gasteiger partial charge in [0, 0.05) is 31.3 Å². The standard InChI is InChI=1S/C17H22N4O2/c1-3-18-17(23)20-13-5-4-12(9-15(13)22)14-10-21-7-6-11(2)8-16(21)19-14/h4-5,9-11,22H,3,6-8H2,1-2H3,(H2,18,20,23). The second-order valence-corrected chi connectivity index (χ2v) is 6.05. The predicted octanol–water partition coefficient (Wildman–Crippen LogP) is 2.98. The average molecular weight is 314 g/mol. The van der Waals surface area contributed by atoms with Crippen LogP contribution >= 0.6 is 0 Å². The van der Waals surface area contributed by atoms with Crippen LogP contribution in [0.3, 0.4) is 0 Å². The Kier molecular flexibility index (Phi) is 4.23. The Bertz CT molecular complexity index is 723. The Hall–Kier alpha value is -2.50. The molecule has 1 atom stereocenters. The molecule has 2 heterocycles. The quantitative estimate of drug-likeness (QED) is 0.762. The van der Waals surface area contributed by atoms with Crippen molar-refractivity contribution in [2.45, 2.75) is 33.2 Å². The van der Waals surface area contributed by atoms with Crippen molar-refractivity contribution in [1.29, 1.82) is 0 Å². The number of nitrogens with one attached hydrogen (secondary N) is 2. The van der Waals surface area contributed by atoms with Crippen molar-refractivity contribution in [3.05, 3.63) is 30.2 Å². The van der Waals surface area contributed by atoms with Crippen molar-refractivity contribution in [1.82, 2.24) is 14.9 Å². The maximum atomic E-state index is 11.5. The second kappa shape index (κ2) is 6.32. The van der Waals surface area contributed by atoms with E-state index in [4.69, 9.17) is 0 Å². The Balaban J connectivity index is 1.82. The molecule has 6 nitrogen and oxygen atoms in total. The first-order valence-corrected chi connectivity index (χ1v) is 8.01. The molecule has 1 aromatic heterocycles. The summed E-state index contributed by atoms with van der Waals surface area (Å²) >= 11 is 0. The van der Waals surface area contributed by atoms with Crippen molar-refractivity contribution in [3.63, 3.8) is 0 Å². The Morgan fingerprint density at radius 1 is 1.48 bits per heavy atom. The Morgan fingerprint density at radius 3 is 3.04 bits per heavy atom. The van der Waals surface area contributed by atoms with E-state index >= 15 is 0 Å². The smallest absolute Gasteiger partial charge is 0.319 e. The highest BCUT2D eigenvalue weighted by atomic mass is 16.3. The van der Waals surface area contributed by atoms with E-state index in [9.17, 15) is 9.90 Å². The number of nitrogens with zero attached hydrogens (tertiary/aromatic N) is 2. The van der Waals surface area contributed by atoms with E-state index in [1.54, 1.807) is 12.1 Å². The minimum Gasteiger partial charge on any atom is -0.506 e. The summed E-state index contributed by atoms with van der Waals surface area (Å²) < 4.78 is 2.19. The van der Waals surface area contributed by atoms with Gasteiger partial charge in [-0.3, -0.25) is 0 Å². The number of carbonyl (C=O) groups is 1. The molecule has 0 spiro atoms. The summed E-state index contributed by atoms with van der Waals surface area (Å²) in [7, 11) is 0. The summed E-state index contributed by atoms with van der Waals surface area (Å²) in [6.07, 6.45) is 4.19. The number of rotatable bonds is 3. The van der Waals surface area contributed by atoms with Gasteiger partial charge in [-0.1, -0.05) is 13.0 Å². The molecule has 0 saturated carbocycles. The fraction of sp³-hybridized carbons (Fsp3) is 0.412. The van der Waals surface area contributed by atoms with Crippen LogP contribution in [0.4, 0.5) is 10.5 Å². The molecule has 0 fully saturated rings. The molecule has 0 aliphatic carbocycles. The van der Waals surface area contributed by atoms with E-state index in [0.717, 1.165) is 30.0 Å². The molecular formula is C17H22N4O2. The lowest BCUT2D eigenvalue weighted by molar-refractivity contribution is 0.252. The van der Waals surface area contributed by atoms with Gasteiger partial charge in [-0.05, 0) is 31.4 Å². The number of phenolic OH excluding ortho intramolecular Hbond substituents is 1. The van der Waals surface area contributed by atoms with Crippen LogP contribution < -0.4 is 10.6 Å². The maximum Gasteiger partial charge on any atom is 0.319 e. The van der Waals surface area contributed by atoms with Gasteiger partial charge in [-0.15, -0.1) is 0 Å². The lowest BCUT2D eigenvalue weighted by atomic mass is 10.0. The number of anilines is 1. The van der Waals surface area contributed by atoms with Crippen LogP contribution in [-0.2, 0) is 13.0 Å². The normalized spacial score (nSPS) is 16.7. The molecule has 0 bridgehead atoms. The lowest BCUT2D eigenvalue weighted by Gasteiger charge is -2.18. The zero-order valence-electron chi connectivity index (χ0n) is 13.5. The number of imidazole rings is 1. The number of aromatic nitrogens is 2. The van der Waals surface area contributed by atoms with Gasteiger partial charge in [0.25, 0.3) is 0 Å². The molecule has 1 unspecified atom stereocenters. The minimum absolute atomic E-state index is 0.0353. The van der Waals surface area contributed by atoms with Crippen LogP contribution in [0.2, 0.25) is 0 Å². The highest BCUT2D eigenvalue weighted by Gasteiger charge is 2.18. The van der Waals surface area contributed by atoms with Crippen molar-refractivity contribution in [2.24, 2.45) is 5.92 Å². The topological polar surface area (TPSA) is 79.2 Å². The first-order chi connectivity index (χ1) is 11.1. The summed E-state index contributed by atoms with van der Waals surface area (Å²) in [6, 6.07) is 4.86. The summed E-state index contributed by atoms with van der Waals surface area (Å²) in [6.45, 7) is 5.60. The van der Waals surface area contributed by atoms with Gasteiger partial charge in [0.1, 0.15) is 11.6 Å². The molecule has 2 aromatic rings. The zero-order chi connectivity index (χ0) is 16.4. The molecule has 1 aromatic carbocycles. The van der Waals surface area contributed by atoms with E-state index in [0.29, 0.717) is 18.2 Å². The van der Waals surface area contributed by atoms with Gasteiger partial charge in [0.2, 0.25) is 0 Å². The maximum absolute atomic E-state index is 11.5. The van der Waals surface area contributed by atoms with Crippen LogP contribution in [0.25, 0.3) is 11.3 Å². The number of hydrogen-bond donors (Lipinski definition) is 3. The van der Waals surface area contributed by atoms with Crippen molar-refractivity contribution < 1.29 is 9.90 Å².